The number of sulfone groups is 1. The number of fused-ring (bicyclic) bond motifs is 1. The SMILES string of the molecule is COc1ccc(C(=O)c2ccc(-c3cccc(-c4cc(C(C)(O)S(C)(=O)=O)cc5c4=NCCC=5)c3)cn2)cc1. The molecule has 0 amide bonds. The third kappa shape index (κ3) is 5.13. The van der Waals surface area contributed by atoms with Crippen molar-refractivity contribution in [1.29, 1.82) is 0 Å². The Morgan fingerprint density at radius 1 is 0.974 bits per heavy atom. The van der Waals surface area contributed by atoms with E-state index in [-0.39, 0.29) is 5.78 Å². The molecule has 0 saturated carbocycles. The van der Waals surface area contributed by atoms with Gasteiger partial charge >= 0.3 is 0 Å². The number of hydrogen-bond donors (Lipinski definition) is 1. The van der Waals surface area contributed by atoms with Crippen LogP contribution in [0.2, 0.25) is 0 Å². The Morgan fingerprint density at radius 3 is 2.38 bits per heavy atom. The molecule has 5 rings (SSSR count). The average molecular weight is 541 g/mol. The van der Waals surface area contributed by atoms with Crippen molar-refractivity contribution in [3.05, 3.63) is 106 Å². The summed E-state index contributed by atoms with van der Waals surface area (Å²) in [6.07, 6.45) is 5.44. The number of benzene rings is 3. The zero-order chi connectivity index (χ0) is 27.8. The van der Waals surface area contributed by atoms with Crippen molar-refractivity contribution in [2.75, 3.05) is 19.9 Å². The Morgan fingerprint density at radius 2 is 1.72 bits per heavy atom. The van der Waals surface area contributed by atoms with Gasteiger partial charge in [0.05, 0.1) is 12.5 Å². The fourth-order valence-corrected chi connectivity index (χ4v) is 5.09. The number of aliphatic hydroxyl groups is 1. The van der Waals surface area contributed by atoms with Gasteiger partial charge in [-0.25, -0.2) is 8.42 Å². The fourth-order valence-electron chi connectivity index (χ4n) is 4.54. The van der Waals surface area contributed by atoms with E-state index in [4.69, 9.17) is 9.73 Å². The van der Waals surface area contributed by atoms with E-state index in [1.165, 1.54) is 6.92 Å². The molecule has 1 atom stereocenters. The first-order valence-corrected chi connectivity index (χ1v) is 14.3. The molecule has 0 bridgehead atoms. The van der Waals surface area contributed by atoms with Crippen molar-refractivity contribution in [3.8, 4) is 28.0 Å². The Bertz CT molecular complexity index is 1790. The molecule has 8 heteroatoms. The van der Waals surface area contributed by atoms with Gasteiger partial charge in [-0.2, -0.15) is 0 Å². The van der Waals surface area contributed by atoms with Gasteiger partial charge in [-0.3, -0.25) is 14.8 Å². The Labute approximate surface area is 227 Å². The second-order valence-electron chi connectivity index (χ2n) is 9.66. The standard InChI is InChI=1S/C31H28N2O5S/c1-31(35,39(3,36)37)25-17-23-8-5-15-32-29(23)27(18-25)22-7-4-6-21(16-22)24-11-14-28(33-19-24)30(34)20-9-12-26(38-2)13-10-20/h4,6-14,16-19,35H,5,15H2,1-3H3. The average Bonchev–Trinajstić information content (AvgIpc) is 2.96. The molecule has 0 fully saturated rings. The van der Waals surface area contributed by atoms with E-state index in [1.807, 2.05) is 36.4 Å². The van der Waals surface area contributed by atoms with Crippen molar-refractivity contribution in [2.24, 2.45) is 4.99 Å². The molecule has 2 heterocycles. The monoisotopic (exact) mass is 540 g/mol. The Hall–Kier alpha value is -4.14. The van der Waals surface area contributed by atoms with E-state index in [0.717, 1.165) is 45.5 Å². The first-order chi connectivity index (χ1) is 18.6. The molecule has 0 aliphatic carbocycles. The summed E-state index contributed by atoms with van der Waals surface area (Å²) < 4.78 is 29.9. The number of ether oxygens (including phenoxy) is 1. The summed E-state index contributed by atoms with van der Waals surface area (Å²) in [6.45, 7) is 1.93. The number of pyridine rings is 1. The summed E-state index contributed by atoms with van der Waals surface area (Å²) in [5.41, 5.74) is 4.40. The van der Waals surface area contributed by atoms with Crippen LogP contribution in [0.4, 0.5) is 0 Å². The lowest BCUT2D eigenvalue weighted by molar-refractivity contribution is 0.103. The molecule has 3 aromatic carbocycles. The molecule has 1 aliphatic rings. The fraction of sp³-hybridized carbons (Fsp3) is 0.194. The Kier molecular flexibility index (Phi) is 6.92. The summed E-state index contributed by atoms with van der Waals surface area (Å²) in [5, 5.41) is 12.5. The lowest BCUT2D eigenvalue weighted by atomic mass is 9.95. The molecule has 0 saturated heterocycles. The molecular formula is C31H28N2O5S. The smallest absolute Gasteiger partial charge is 0.211 e. The van der Waals surface area contributed by atoms with Crippen LogP contribution in [-0.4, -0.2) is 44.2 Å². The molecule has 1 aromatic heterocycles. The highest BCUT2D eigenvalue weighted by molar-refractivity contribution is 7.91. The minimum atomic E-state index is -3.80. The van der Waals surface area contributed by atoms with Crippen LogP contribution >= 0.6 is 0 Å². The molecule has 1 unspecified atom stereocenters. The van der Waals surface area contributed by atoms with E-state index >= 15 is 0 Å². The summed E-state index contributed by atoms with van der Waals surface area (Å²) >= 11 is 0. The second kappa shape index (κ2) is 10.2. The van der Waals surface area contributed by atoms with Crippen LogP contribution in [0, 0.1) is 0 Å². The molecular weight excluding hydrogens is 512 g/mol. The number of carbonyl (C=O) groups excluding carboxylic acids is 1. The minimum Gasteiger partial charge on any atom is -0.497 e. The van der Waals surface area contributed by atoms with Crippen molar-refractivity contribution in [1.82, 2.24) is 4.98 Å². The lowest BCUT2D eigenvalue weighted by Crippen LogP contribution is -2.37. The number of rotatable bonds is 7. The van der Waals surface area contributed by atoms with E-state index in [9.17, 15) is 18.3 Å². The van der Waals surface area contributed by atoms with Crippen molar-refractivity contribution >= 4 is 21.7 Å². The van der Waals surface area contributed by atoms with Gasteiger partial charge in [-0.15, -0.1) is 0 Å². The number of ketones is 1. The molecule has 1 N–H and O–H groups in total. The maximum Gasteiger partial charge on any atom is 0.211 e. The zero-order valence-electron chi connectivity index (χ0n) is 21.9. The second-order valence-corrected chi connectivity index (χ2v) is 12.0. The highest BCUT2D eigenvalue weighted by Crippen LogP contribution is 2.30. The van der Waals surface area contributed by atoms with E-state index < -0.39 is 14.8 Å². The molecule has 0 radical (unpaired) electrons. The largest absolute Gasteiger partial charge is 0.497 e. The number of nitrogens with zero attached hydrogens (tertiary/aromatic N) is 2. The number of carbonyl (C=O) groups is 1. The Balaban J connectivity index is 1.53. The van der Waals surface area contributed by atoms with Crippen LogP contribution in [0.25, 0.3) is 28.3 Å². The summed E-state index contributed by atoms with van der Waals surface area (Å²) in [5.74, 6) is 0.490. The maximum atomic E-state index is 12.9. The molecule has 4 aromatic rings. The summed E-state index contributed by atoms with van der Waals surface area (Å²) in [4.78, 5) is 20.0. The maximum absolute atomic E-state index is 12.9. The van der Waals surface area contributed by atoms with Crippen LogP contribution < -0.4 is 15.3 Å². The van der Waals surface area contributed by atoms with Gasteiger partial charge in [0.2, 0.25) is 5.78 Å². The van der Waals surface area contributed by atoms with Gasteiger partial charge in [0.1, 0.15) is 11.4 Å². The molecule has 198 valence electrons. The van der Waals surface area contributed by atoms with Gasteiger partial charge in [-0.1, -0.05) is 30.3 Å². The van der Waals surface area contributed by atoms with Gasteiger partial charge in [0, 0.05) is 35.7 Å². The number of aromatic nitrogens is 1. The quantitative estimate of drug-likeness (QED) is 0.359. The molecule has 0 spiro atoms. The molecule has 39 heavy (non-hydrogen) atoms. The van der Waals surface area contributed by atoms with Crippen LogP contribution in [0.1, 0.15) is 35.0 Å². The van der Waals surface area contributed by atoms with Crippen LogP contribution in [0.15, 0.2) is 84.0 Å². The van der Waals surface area contributed by atoms with Gasteiger partial charge in [0.25, 0.3) is 0 Å². The van der Waals surface area contributed by atoms with Crippen LogP contribution in [0.5, 0.6) is 5.75 Å². The first kappa shape index (κ1) is 26.5. The van der Waals surface area contributed by atoms with E-state index in [2.05, 4.69) is 4.98 Å². The van der Waals surface area contributed by atoms with Gasteiger partial charge in [-0.05, 0) is 83.8 Å². The van der Waals surface area contributed by atoms with E-state index in [1.54, 1.807) is 55.8 Å². The zero-order valence-corrected chi connectivity index (χ0v) is 22.7. The summed E-state index contributed by atoms with van der Waals surface area (Å²) in [7, 11) is -2.22. The predicted octanol–water partition coefficient (Wildman–Crippen LogP) is 3.67. The van der Waals surface area contributed by atoms with Crippen LogP contribution in [-0.2, 0) is 14.8 Å². The van der Waals surface area contributed by atoms with Crippen molar-refractivity contribution in [2.45, 2.75) is 18.3 Å². The highest BCUT2D eigenvalue weighted by Gasteiger charge is 2.35. The third-order valence-corrected chi connectivity index (χ3v) is 8.70. The van der Waals surface area contributed by atoms with Crippen molar-refractivity contribution in [3.63, 3.8) is 0 Å². The molecule has 7 nitrogen and oxygen atoms in total. The minimum absolute atomic E-state index is 0.183. The highest BCUT2D eigenvalue weighted by atomic mass is 32.2. The van der Waals surface area contributed by atoms with Crippen molar-refractivity contribution < 1.29 is 23.1 Å². The third-order valence-electron chi connectivity index (χ3n) is 7.02. The predicted molar refractivity (Wildman–Crippen MR) is 151 cm³/mol. The number of hydrogen-bond acceptors (Lipinski definition) is 7. The first-order valence-electron chi connectivity index (χ1n) is 12.5. The molecule has 1 aliphatic heterocycles. The van der Waals surface area contributed by atoms with Gasteiger partial charge < -0.3 is 9.84 Å². The van der Waals surface area contributed by atoms with E-state index in [0.29, 0.717) is 29.1 Å². The number of methoxy groups -OCH3 is 1. The topological polar surface area (TPSA) is 106 Å². The summed E-state index contributed by atoms with van der Waals surface area (Å²) in [6, 6.07) is 21.6. The normalized spacial score (nSPS) is 14.4. The van der Waals surface area contributed by atoms with Crippen LogP contribution in [0.3, 0.4) is 0 Å². The lowest BCUT2D eigenvalue weighted by Gasteiger charge is -2.23. The van der Waals surface area contributed by atoms with Gasteiger partial charge in [0.15, 0.2) is 14.8 Å².